The average Bonchev–Trinajstić information content (AvgIpc) is 2.69. The quantitative estimate of drug-likeness (QED) is 0.400. The molecule has 3 rings (SSSR count). The molecule has 0 unspecified atom stereocenters. The highest BCUT2D eigenvalue weighted by Gasteiger charge is 2.08. The van der Waals surface area contributed by atoms with Gasteiger partial charge in [-0.3, -0.25) is 0 Å². The van der Waals surface area contributed by atoms with Crippen LogP contribution in [0.1, 0.15) is 41.8 Å². The summed E-state index contributed by atoms with van der Waals surface area (Å²) in [6.07, 6.45) is 3.21. The summed E-state index contributed by atoms with van der Waals surface area (Å²) in [6, 6.07) is 23.8. The van der Waals surface area contributed by atoms with Crippen LogP contribution in [0, 0.1) is 0 Å². The topological polar surface area (TPSA) is 26.3 Å². The highest BCUT2D eigenvalue weighted by Crippen LogP contribution is 2.23. The molecule has 0 atom stereocenters. The van der Waals surface area contributed by atoms with E-state index in [-0.39, 0.29) is 5.97 Å². The Labute approximate surface area is 155 Å². The molecular weight excluding hydrogens is 320 g/mol. The molecule has 0 fully saturated rings. The molecular formula is C24H24O2. The lowest BCUT2D eigenvalue weighted by atomic mass is 10.0. The molecule has 0 aliphatic rings. The van der Waals surface area contributed by atoms with Gasteiger partial charge in [0.25, 0.3) is 0 Å². The number of benzene rings is 3. The molecule has 0 heterocycles. The largest absolute Gasteiger partial charge is 0.423 e. The smallest absolute Gasteiger partial charge is 0.343 e. The van der Waals surface area contributed by atoms with E-state index in [9.17, 15) is 4.79 Å². The number of carbonyl (C=O) groups is 1. The third-order valence-corrected chi connectivity index (χ3v) is 4.49. The van der Waals surface area contributed by atoms with Gasteiger partial charge in [0.05, 0.1) is 5.56 Å². The van der Waals surface area contributed by atoms with Crippen LogP contribution in [0.2, 0.25) is 0 Å². The van der Waals surface area contributed by atoms with Crippen molar-refractivity contribution < 1.29 is 9.53 Å². The second-order valence-corrected chi connectivity index (χ2v) is 6.41. The molecule has 0 N–H and O–H groups in total. The molecule has 3 aromatic carbocycles. The summed E-state index contributed by atoms with van der Waals surface area (Å²) in [5, 5.41) is 0. The fraction of sp³-hybridized carbons (Fsp3) is 0.208. The highest BCUT2D eigenvalue weighted by molar-refractivity contribution is 5.91. The van der Waals surface area contributed by atoms with Crippen molar-refractivity contribution in [1.29, 1.82) is 0 Å². The molecule has 3 aromatic rings. The van der Waals surface area contributed by atoms with Gasteiger partial charge in [0.15, 0.2) is 0 Å². The van der Waals surface area contributed by atoms with Gasteiger partial charge in [-0.25, -0.2) is 4.79 Å². The van der Waals surface area contributed by atoms with Crippen molar-refractivity contribution in [2.75, 3.05) is 0 Å². The Morgan fingerprint density at radius 3 is 1.81 bits per heavy atom. The maximum Gasteiger partial charge on any atom is 0.343 e. The van der Waals surface area contributed by atoms with E-state index in [2.05, 4.69) is 38.1 Å². The Hall–Kier alpha value is -2.87. The molecule has 26 heavy (non-hydrogen) atoms. The second kappa shape index (κ2) is 8.48. The number of esters is 1. The van der Waals surface area contributed by atoms with Crippen LogP contribution in [-0.2, 0) is 12.8 Å². The van der Waals surface area contributed by atoms with Crippen LogP contribution < -0.4 is 4.74 Å². The zero-order valence-electron chi connectivity index (χ0n) is 15.4. The van der Waals surface area contributed by atoms with Gasteiger partial charge in [0, 0.05) is 0 Å². The van der Waals surface area contributed by atoms with E-state index in [0.717, 1.165) is 30.4 Å². The molecule has 0 saturated heterocycles. The molecule has 132 valence electrons. The summed E-state index contributed by atoms with van der Waals surface area (Å²) in [5.41, 5.74) is 5.41. The van der Waals surface area contributed by atoms with Crippen molar-refractivity contribution in [2.45, 2.75) is 33.1 Å². The first-order valence-corrected chi connectivity index (χ1v) is 9.20. The van der Waals surface area contributed by atoms with Crippen LogP contribution in [-0.4, -0.2) is 5.97 Å². The van der Waals surface area contributed by atoms with E-state index in [4.69, 9.17) is 4.74 Å². The van der Waals surface area contributed by atoms with Gasteiger partial charge in [-0.15, -0.1) is 0 Å². The zero-order chi connectivity index (χ0) is 18.4. The fourth-order valence-corrected chi connectivity index (χ4v) is 2.91. The lowest BCUT2D eigenvalue weighted by Crippen LogP contribution is -2.08. The standard InChI is InChI=1S/C24H24O2/c1-3-5-19-8-10-20(11-9-19)21-14-16-23(17-15-21)26-24(25)22-12-6-18(4-2)7-13-22/h6-17H,3-5H2,1-2H3. The Morgan fingerprint density at radius 2 is 1.27 bits per heavy atom. The van der Waals surface area contributed by atoms with Crippen molar-refractivity contribution >= 4 is 5.97 Å². The molecule has 0 aliphatic carbocycles. The van der Waals surface area contributed by atoms with Crippen molar-refractivity contribution in [1.82, 2.24) is 0 Å². The number of hydrogen-bond donors (Lipinski definition) is 0. The van der Waals surface area contributed by atoms with Gasteiger partial charge < -0.3 is 4.74 Å². The normalized spacial score (nSPS) is 10.5. The maximum absolute atomic E-state index is 12.2. The van der Waals surface area contributed by atoms with Crippen LogP contribution in [0.3, 0.4) is 0 Å². The maximum atomic E-state index is 12.2. The van der Waals surface area contributed by atoms with Crippen LogP contribution in [0.5, 0.6) is 5.75 Å². The summed E-state index contributed by atoms with van der Waals surface area (Å²) in [6.45, 7) is 4.28. The number of rotatable bonds is 6. The minimum absolute atomic E-state index is 0.329. The molecule has 0 spiro atoms. The van der Waals surface area contributed by atoms with Gasteiger partial charge in [0.2, 0.25) is 0 Å². The Morgan fingerprint density at radius 1 is 0.731 bits per heavy atom. The molecule has 0 amide bonds. The zero-order valence-corrected chi connectivity index (χ0v) is 15.4. The molecule has 2 heteroatoms. The summed E-state index contributed by atoms with van der Waals surface area (Å²) in [4.78, 5) is 12.2. The first-order chi connectivity index (χ1) is 12.7. The van der Waals surface area contributed by atoms with Gasteiger partial charge >= 0.3 is 5.97 Å². The van der Waals surface area contributed by atoms with Crippen molar-refractivity contribution in [2.24, 2.45) is 0 Å². The van der Waals surface area contributed by atoms with Crippen molar-refractivity contribution in [3.8, 4) is 16.9 Å². The molecule has 0 aromatic heterocycles. The minimum Gasteiger partial charge on any atom is -0.423 e. The number of carbonyl (C=O) groups excluding carboxylic acids is 1. The lowest BCUT2D eigenvalue weighted by Gasteiger charge is -2.07. The van der Waals surface area contributed by atoms with E-state index < -0.39 is 0 Å². The molecule has 0 bridgehead atoms. The van der Waals surface area contributed by atoms with Gasteiger partial charge in [0.1, 0.15) is 5.75 Å². The van der Waals surface area contributed by atoms with E-state index in [1.165, 1.54) is 11.1 Å². The Bertz CT molecular complexity index is 844. The van der Waals surface area contributed by atoms with Crippen molar-refractivity contribution in [3.63, 3.8) is 0 Å². The monoisotopic (exact) mass is 344 g/mol. The summed E-state index contributed by atoms with van der Waals surface area (Å²) < 4.78 is 5.48. The number of hydrogen-bond acceptors (Lipinski definition) is 2. The van der Waals surface area contributed by atoms with Gasteiger partial charge in [-0.05, 0) is 59.4 Å². The van der Waals surface area contributed by atoms with Gasteiger partial charge in [-0.1, -0.05) is 68.8 Å². The SMILES string of the molecule is CCCc1ccc(-c2ccc(OC(=O)c3ccc(CC)cc3)cc2)cc1. The number of aryl methyl sites for hydroxylation is 2. The summed E-state index contributed by atoms with van der Waals surface area (Å²) in [5.74, 6) is 0.227. The Kier molecular flexibility index (Phi) is 5.85. The van der Waals surface area contributed by atoms with E-state index in [0.29, 0.717) is 11.3 Å². The van der Waals surface area contributed by atoms with Crippen LogP contribution >= 0.6 is 0 Å². The first kappa shape index (κ1) is 17.9. The lowest BCUT2D eigenvalue weighted by molar-refractivity contribution is 0.0735. The first-order valence-electron chi connectivity index (χ1n) is 9.20. The fourth-order valence-electron chi connectivity index (χ4n) is 2.91. The highest BCUT2D eigenvalue weighted by atomic mass is 16.5. The van der Waals surface area contributed by atoms with Gasteiger partial charge in [-0.2, -0.15) is 0 Å². The van der Waals surface area contributed by atoms with E-state index in [1.807, 2.05) is 48.5 Å². The van der Waals surface area contributed by atoms with E-state index in [1.54, 1.807) is 0 Å². The summed E-state index contributed by atoms with van der Waals surface area (Å²) in [7, 11) is 0. The molecule has 2 nitrogen and oxygen atoms in total. The van der Waals surface area contributed by atoms with Crippen LogP contribution in [0.15, 0.2) is 72.8 Å². The summed E-state index contributed by atoms with van der Waals surface area (Å²) >= 11 is 0. The van der Waals surface area contributed by atoms with Crippen LogP contribution in [0.25, 0.3) is 11.1 Å². The number of ether oxygens (including phenoxy) is 1. The van der Waals surface area contributed by atoms with Crippen molar-refractivity contribution in [3.05, 3.63) is 89.5 Å². The molecule has 0 radical (unpaired) electrons. The third-order valence-electron chi connectivity index (χ3n) is 4.49. The second-order valence-electron chi connectivity index (χ2n) is 6.41. The molecule has 0 aliphatic heterocycles. The predicted molar refractivity (Wildman–Crippen MR) is 107 cm³/mol. The predicted octanol–water partition coefficient (Wildman–Crippen LogP) is 6.09. The van der Waals surface area contributed by atoms with Crippen LogP contribution in [0.4, 0.5) is 0 Å². The Balaban J connectivity index is 1.67. The van der Waals surface area contributed by atoms with E-state index >= 15 is 0 Å². The minimum atomic E-state index is -0.329. The molecule has 0 saturated carbocycles. The third kappa shape index (κ3) is 4.40. The average molecular weight is 344 g/mol.